The van der Waals surface area contributed by atoms with Crippen LogP contribution in [0, 0.1) is 20.8 Å². The smallest absolute Gasteiger partial charge is 0.244 e. The van der Waals surface area contributed by atoms with E-state index in [4.69, 9.17) is 9.26 Å². The molecule has 0 aromatic carbocycles. The highest BCUT2D eigenvalue weighted by molar-refractivity contribution is 7.10. The fraction of sp³-hybridized carbons (Fsp3) is 0.391. The molecule has 0 spiro atoms. The van der Waals surface area contributed by atoms with E-state index in [1.807, 2.05) is 43.5 Å². The summed E-state index contributed by atoms with van der Waals surface area (Å²) in [5, 5.41) is 9.26. The molecule has 4 heterocycles. The molecule has 0 unspecified atom stereocenters. The number of rotatable bonds is 7. The molecule has 1 atom stereocenters. The number of ether oxygens (including phenoxy) is 1. The molecule has 4 rings (SSSR count). The van der Waals surface area contributed by atoms with Crippen LogP contribution in [0.2, 0.25) is 0 Å². The van der Waals surface area contributed by atoms with Gasteiger partial charge in [0, 0.05) is 48.0 Å². The average molecular weight is 441 g/mol. The Balaban J connectivity index is 1.42. The topological polar surface area (TPSA) is 72.5 Å². The van der Waals surface area contributed by atoms with Crippen molar-refractivity contribution in [3.63, 3.8) is 0 Å². The maximum atomic E-state index is 12.6. The molecule has 0 bridgehead atoms. The summed E-state index contributed by atoms with van der Waals surface area (Å²) in [6, 6.07) is 8.30. The first-order valence-corrected chi connectivity index (χ1v) is 11.3. The summed E-state index contributed by atoms with van der Waals surface area (Å²) in [6.07, 6.45) is 3.46. The zero-order valence-electron chi connectivity index (χ0n) is 18.1. The van der Waals surface area contributed by atoms with Gasteiger partial charge in [0.05, 0.1) is 19.3 Å². The normalized spacial score (nSPS) is 16.1. The van der Waals surface area contributed by atoms with Crippen molar-refractivity contribution in [2.24, 2.45) is 0 Å². The van der Waals surface area contributed by atoms with Gasteiger partial charge in [0.15, 0.2) is 5.82 Å². The van der Waals surface area contributed by atoms with Crippen molar-refractivity contribution < 1.29 is 14.1 Å². The molecule has 164 valence electrons. The molecule has 0 saturated carbocycles. The minimum atomic E-state index is -0.100. The van der Waals surface area contributed by atoms with Crippen LogP contribution in [0.4, 0.5) is 0 Å². The number of nitrogens with zero attached hydrogens (tertiary/aromatic N) is 3. The summed E-state index contributed by atoms with van der Waals surface area (Å²) in [5.41, 5.74) is 3.03. The standard InChI is InChI=1S/C23H28N4O3S/c1-16-13-19(18(3)27(16)22-14-17(2)30-25-22)6-7-23(28)24-15-20(21-5-4-12-31-21)26-8-10-29-11-9-26/h4-7,12-14,20H,8-11,15H2,1-3H3,(H,24,28)/b7-6-/t20-/m0/s1. The predicted molar refractivity (Wildman–Crippen MR) is 122 cm³/mol. The number of hydrogen-bond acceptors (Lipinski definition) is 6. The lowest BCUT2D eigenvalue weighted by Gasteiger charge is -2.34. The molecule has 1 N–H and O–H groups in total. The first-order valence-electron chi connectivity index (χ1n) is 10.5. The van der Waals surface area contributed by atoms with E-state index >= 15 is 0 Å². The van der Waals surface area contributed by atoms with Crippen LogP contribution < -0.4 is 5.32 Å². The minimum Gasteiger partial charge on any atom is -0.379 e. The zero-order valence-corrected chi connectivity index (χ0v) is 18.9. The van der Waals surface area contributed by atoms with Crippen LogP contribution in [0.5, 0.6) is 0 Å². The first-order chi connectivity index (χ1) is 15.0. The number of carbonyl (C=O) groups excluding carboxylic acids is 1. The monoisotopic (exact) mass is 440 g/mol. The van der Waals surface area contributed by atoms with Crippen LogP contribution >= 0.6 is 11.3 Å². The Morgan fingerprint density at radius 3 is 2.77 bits per heavy atom. The second-order valence-corrected chi connectivity index (χ2v) is 8.69. The van der Waals surface area contributed by atoms with Gasteiger partial charge in [-0.2, -0.15) is 0 Å². The highest BCUT2D eigenvalue weighted by Gasteiger charge is 2.23. The molecule has 0 aliphatic carbocycles. The van der Waals surface area contributed by atoms with Gasteiger partial charge in [0.25, 0.3) is 0 Å². The molecule has 0 radical (unpaired) electrons. The Labute approximate surface area is 186 Å². The van der Waals surface area contributed by atoms with Crippen LogP contribution in [-0.4, -0.2) is 53.4 Å². The fourth-order valence-corrected chi connectivity index (χ4v) is 4.83. The summed E-state index contributed by atoms with van der Waals surface area (Å²) in [6.45, 7) is 9.69. The maximum absolute atomic E-state index is 12.6. The van der Waals surface area contributed by atoms with E-state index in [2.05, 4.69) is 32.9 Å². The van der Waals surface area contributed by atoms with Crippen molar-refractivity contribution in [3.05, 3.63) is 63.3 Å². The van der Waals surface area contributed by atoms with E-state index < -0.39 is 0 Å². The van der Waals surface area contributed by atoms with Gasteiger partial charge in [-0.3, -0.25) is 14.3 Å². The van der Waals surface area contributed by atoms with Crippen molar-refractivity contribution in [1.82, 2.24) is 19.9 Å². The largest absolute Gasteiger partial charge is 0.379 e. The molecule has 3 aromatic heterocycles. The van der Waals surface area contributed by atoms with Gasteiger partial charge < -0.3 is 14.6 Å². The summed E-state index contributed by atoms with van der Waals surface area (Å²) < 4.78 is 12.7. The Hall–Kier alpha value is -2.68. The number of carbonyl (C=O) groups is 1. The molecule has 1 aliphatic rings. The summed E-state index contributed by atoms with van der Waals surface area (Å²) in [4.78, 5) is 16.2. The van der Waals surface area contributed by atoms with E-state index in [1.165, 1.54) is 4.88 Å². The van der Waals surface area contributed by atoms with Crippen LogP contribution in [0.25, 0.3) is 11.9 Å². The third-order valence-corrected chi connectivity index (χ3v) is 6.53. The number of morpholine rings is 1. The van der Waals surface area contributed by atoms with Gasteiger partial charge >= 0.3 is 0 Å². The van der Waals surface area contributed by atoms with Crippen molar-refractivity contribution >= 4 is 23.3 Å². The second kappa shape index (κ2) is 9.64. The van der Waals surface area contributed by atoms with Gasteiger partial charge in [0.1, 0.15) is 5.76 Å². The number of thiophene rings is 1. The molecule has 1 amide bonds. The Morgan fingerprint density at radius 1 is 1.29 bits per heavy atom. The summed E-state index contributed by atoms with van der Waals surface area (Å²) >= 11 is 1.72. The van der Waals surface area contributed by atoms with Crippen molar-refractivity contribution in [2.75, 3.05) is 32.8 Å². The quantitative estimate of drug-likeness (QED) is 0.568. The molecule has 7 nitrogen and oxygen atoms in total. The van der Waals surface area contributed by atoms with E-state index in [-0.39, 0.29) is 11.9 Å². The number of aryl methyl sites for hydroxylation is 2. The van der Waals surface area contributed by atoms with Crippen LogP contribution in [0.3, 0.4) is 0 Å². The van der Waals surface area contributed by atoms with Crippen LogP contribution in [0.1, 0.15) is 33.6 Å². The number of aromatic nitrogens is 2. The van der Waals surface area contributed by atoms with Crippen LogP contribution in [0.15, 0.2) is 40.2 Å². The Bertz CT molecular complexity index is 1050. The van der Waals surface area contributed by atoms with E-state index in [1.54, 1.807) is 17.4 Å². The van der Waals surface area contributed by atoms with Gasteiger partial charge in [-0.25, -0.2) is 0 Å². The molecular weight excluding hydrogens is 412 g/mol. The van der Waals surface area contributed by atoms with E-state index in [0.29, 0.717) is 6.54 Å². The van der Waals surface area contributed by atoms with Crippen molar-refractivity contribution in [1.29, 1.82) is 0 Å². The molecule has 1 fully saturated rings. The molecule has 8 heteroatoms. The molecular formula is C23H28N4O3S. The van der Waals surface area contributed by atoms with Gasteiger partial charge in [-0.1, -0.05) is 11.2 Å². The molecule has 1 aliphatic heterocycles. The SMILES string of the molecule is Cc1cc(-n2c(C)cc(/C=C\C(=O)NC[C@@H](c3cccs3)N3CCOCC3)c2C)no1. The number of nitrogens with one attached hydrogen (secondary N) is 1. The second-order valence-electron chi connectivity index (χ2n) is 7.72. The Kier molecular flexibility index (Phi) is 6.70. The van der Waals surface area contributed by atoms with Gasteiger partial charge in [-0.15, -0.1) is 11.3 Å². The van der Waals surface area contributed by atoms with Crippen molar-refractivity contribution in [2.45, 2.75) is 26.8 Å². The molecule has 3 aromatic rings. The minimum absolute atomic E-state index is 0.100. The molecule has 1 saturated heterocycles. The van der Waals surface area contributed by atoms with Crippen molar-refractivity contribution in [3.8, 4) is 5.82 Å². The highest BCUT2D eigenvalue weighted by atomic mass is 32.1. The summed E-state index contributed by atoms with van der Waals surface area (Å²) in [5.74, 6) is 1.41. The number of hydrogen-bond donors (Lipinski definition) is 1. The fourth-order valence-electron chi connectivity index (χ4n) is 3.97. The lowest BCUT2D eigenvalue weighted by atomic mass is 10.2. The van der Waals surface area contributed by atoms with E-state index in [9.17, 15) is 4.79 Å². The van der Waals surface area contributed by atoms with Gasteiger partial charge in [-0.05, 0) is 49.9 Å². The van der Waals surface area contributed by atoms with Gasteiger partial charge in [0.2, 0.25) is 5.91 Å². The average Bonchev–Trinajstić information content (AvgIpc) is 3.49. The Morgan fingerprint density at radius 2 is 2.10 bits per heavy atom. The highest BCUT2D eigenvalue weighted by Crippen LogP contribution is 2.25. The summed E-state index contributed by atoms with van der Waals surface area (Å²) in [7, 11) is 0. The molecule has 31 heavy (non-hydrogen) atoms. The third-order valence-electron chi connectivity index (χ3n) is 5.56. The lowest BCUT2D eigenvalue weighted by molar-refractivity contribution is -0.116. The maximum Gasteiger partial charge on any atom is 0.244 e. The zero-order chi connectivity index (χ0) is 21.8. The predicted octanol–water partition coefficient (Wildman–Crippen LogP) is 3.65. The third kappa shape index (κ3) is 4.98. The number of amides is 1. The van der Waals surface area contributed by atoms with Crippen LogP contribution in [-0.2, 0) is 9.53 Å². The van der Waals surface area contributed by atoms with E-state index in [0.717, 1.165) is 54.8 Å². The first kappa shape index (κ1) is 21.5. The lowest BCUT2D eigenvalue weighted by Crippen LogP contribution is -2.43.